The van der Waals surface area contributed by atoms with Gasteiger partial charge in [-0.25, -0.2) is 4.98 Å². The van der Waals surface area contributed by atoms with Crippen molar-refractivity contribution in [1.82, 2.24) is 19.7 Å². The molecule has 3 rings (SSSR count). The number of carbonyl (C=O) groups is 1. The molecule has 132 valence electrons. The Labute approximate surface area is 155 Å². The van der Waals surface area contributed by atoms with Crippen LogP contribution in [0.15, 0.2) is 29.4 Å². The van der Waals surface area contributed by atoms with Gasteiger partial charge in [0.25, 0.3) is 0 Å². The zero-order valence-electron chi connectivity index (χ0n) is 14.5. The van der Waals surface area contributed by atoms with Gasteiger partial charge in [-0.3, -0.25) is 10.1 Å². The summed E-state index contributed by atoms with van der Waals surface area (Å²) >= 11 is 2.88. The van der Waals surface area contributed by atoms with Crippen LogP contribution in [0.5, 0.6) is 0 Å². The van der Waals surface area contributed by atoms with Crippen molar-refractivity contribution < 1.29 is 4.79 Å². The van der Waals surface area contributed by atoms with E-state index >= 15 is 0 Å². The molecule has 0 aliphatic heterocycles. The Balaban J connectivity index is 1.62. The summed E-state index contributed by atoms with van der Waals surface area (Å²) in [5.74, 6) is 0.726. The predicted molar refractivity (Wildman–Crippen MR) is 103 cm³/mol. The summed E-state index contributed by atoms with van der Waals surface area (Å²) in [4.78, 5) is 16.8. The van der Waals surface area contributed by atoms with Crippen LogP contribution in [0.1, 0.15) is 25.8 Å². The van der Waals surface area contributed by atoms with Gasteiger partial charge in [-0.05, 0) is 25.0 Å². The van der Waals surface area contributed by atoms with Crippen LogP contribution >= 0.6 is 23.1 Å². The van der Waals surface area contributed by atoms with Gasteiger partial charge >= 0.3 is 0 Å². The quantitative estimate of drug-likeness (QED) is 0.635. The number of rotatable bonds is 7. The fraction of sp³-hybridized carbons (Fsp3) is 0.412. The van der Waals surface area contributed by atoms with Crippen molar-refractivity contribution in [3.63, 3.8) is 0 Å². The highest BCUT2D eigenvalue weighted by Gasteiger charge is 2.13. The number of amides is 1. The molecular weight excluding hydrogens is 354 g/mol. The Hall–Kier alpha value is -1.93. The second kappa shape index (κ2) is 7.97. The lowest BCUT2D eigenvalue weighted by molar-refractivity contribution is -0.113. The average molecular weight is 376 g/mol. The van der Waals surface area contributed by atoms with Crippen molar-refractivity contribution in [3.8, 4) is 0 Å². The van der Waals surface area contributed by atoms with Crippen LogP contribution in [0.2, 0.25) is 0 Å². The molecule has 2 aromatic heterocycles. The van der Waals surface area contributed by atoms with Crippen molar-refractivity contribution in [1.29, 1.82) is 0 Å². The second-order valence-corrected chi connectivity index (χ2v) is 8.07. The molecule has 3 aromatic rings. The largest absolute Gasteiger partial charge is 0.319 e. The predicted octanol–water partition coefficient (Wildman–Crippen LogP) is 3.84. The number of imidazole rings is 1. The van der Waals surface area contributed by atoms with Gasteiger partial charge in [-0.1, -0.05) is 49.1 Å². The molecule has 0 saturated heterocycles. The SMILES string of the molecule is CCn1c(SCC(=O)Nc2nnc(CC(C)C)s2)nc2ccccc21. The van der Waals surface area contributed by atoms with E-state index in [0.717, 1.165) is 34.2 Å². The van der Waals surface area contributed by atoms with E-state index in [-0.39, 0.29) is 5.91 Å². The van der Waals surface area contributed by atoms with E-state index in [1.165, 1.54) is 23.1 Å². The molecule has 8 heteroatoms. The van der Waals surface area contributed by atoms with E-state index in [1.54, 1.807) is 0 Å². The normalized spacial score (nSPS) is 11.4. The number of anilines is 1. The molecule has 0 atom stereocenters. The lowest BCUT2D eigenvalue weighted by atomic mass is 10.1. The lowest BCUT2D eigenvalue weighted by Gasteiger charge is -2.05. The lowest BCUT2D eigenvalue weighted by Crippen LogP contribution is -2.14. The molecular formula is C17H21N5OS2. The molecule has 0 saturated carbocycles. The first kappa shape index (κ1) is 17.9. The first-order valence-electron chi connectivity index (χ1n) is 8.27. The third-order valence-electron chi connectivity index (χ3n) is 3.56. The summed E-state index contributed by atoms with van der Waals surface area (Å²) in [5, 5.41) is 13.3. The maximum Gasteiger partial charge on any atom is 0.236 e. The Morgan fingerprint density at radius 1 is 1.32 bits per heavy atom. The van der Waals surface area contributed by atoms with E-state index in [1.807, 2.05) is 24.3 Å². The number of para-hydroxylation sites is 2. The number of thioether (sulfide) groups is 1. The van der Waals surface area contributed by atoms with Gasteiger partial charge in [0, 0.05) is 13.0 Å². The van der Waals surface area contributed by atoms with Gasteiger partial charge < -0.3 is 4.57 Å². The maximum atomic E-state index is 12.2. The van der Waals surface area contributed by atoms with Crippen LogP contribution in [0.3, 0.4) is 0 Å². The minimum absolute atomic E-state index is 0.0908. The third-order valence-corrected chi connectivity index (χ3v) is 5.40. The molecule has 0 aliphatic rings. The summed E-state index contributed by atoms with van der Waals surface area (Å²) in [5.41, 5.74) is 2.05. The maximum absolute atomic E-state index is 12.2. The van der Waals surface area contributed by atoms with E-state index in [9.17, 15) is 4.79 Å². The number of hydrogen-bond donors (Lipinski definition) is 1. The number of aromatic nitrogens is 4. The fourth-order valence-corrected chi connectivity index (χ4v) is 4.34. The number of fused-ring (bicyclic) bond motifs is 1. The molecule has 1 N–H and O–H groups in total. The Morgan fingerprint density at radius 2 is 2.12 bits per heavy atom. The molecule has 1 aromatic carbocycles. The molecule has 0 aliphatic carbocycles. The molecule has 0 radical (unpaired) electrons. The summed E-state index contributed by atoms with van der Waals surface area (Å²) in [6.07, 6.45) is 0.878. The number of carbonyl (C=O) groups excluding carboxylic acids is 1. The molecule has 2 heterocycles. The van der Waals surface area contributed by atoms with Gasteiger partial charge in [0.05, 0.1) is 16.8 Å². The topological polar surface area (TPSA) is 72.7 Å². The Bertz CT molecular complexity index is 871. The number of aryl methyl sites for hydroxylation is 1. The van der Waals surface area contributed by atoms with E-state index in [4.69, 9.17) is 0 Å². The van der Waals surface area contributed by atoms with E-state index in [0.29, 0.717) is 16.8 Å². The molecule has 0 fully saturated rings. The molecule has 0 spiro atoms. The average Bonchev–Trinajstić information content (AvgIpc) is 3.15. The van der Waals surface area contributed by atoms with E-state index < -0.39 is 0 Å². The van der Waals surface area contributed by atoms with Crippen molar-refractivity contribution in [3.05, 3.63) is 29.3 Å². The third kappa shape index (κ3) is 4.38. The van der Waals surface area contributed by atoms with Gasteiger partial charge in [-0.2, -0.15) is 0 Å². The minimum Gasteiger partial charge on any atom is -0.319 e. The van der Waals surface area contributed by atoms with Crippen molar-refractivity contribution in [2.45, 2.75) is 38.9 Å². The number of benzene rings is 1. The highest BCUT2D eigenvalue weighted by atomic mass is 32.2. The number of nitrogens with zero attached hydrogens (tertiary/aromatic N) is 4. The zero-order valence-corrected chi connectivity index (χ0v) is 16.2. The monoisotopic (exact) mass is 375 g/mol. The van der Waals surface area contributed by atoms with Gasteiger partial charge in [0.2, 0.25) is 11.0 Å². The van der Waals surface area contributed by atoms with Crippen molar-refractivity contribution >= 4 is 45.2 Å². The van der Waals surface area contributed by atoms with Gasteiger partial charge in [0.1, 0.15) is 5.01 Å². The summed E-state index contributed by atoms with van der Waals surface area (Å²) in [7, 11) is 0. The van der Waals surface area contributed by atoms with Crippen LogP contribution in [-0.2, 0) is 17.8 Å². The van der Waals surface area contributed by atoms with Crippen LogP contribution in [-0.4, -0.2) is 31.4 Å². The molecule has 1 amide bonds. The molecule has 0 unspecified atom stereocenters. The second-order valence-electron chi connectivity index (χ2n) is 6.06. The van der Waals surface area contributed by atoms with Crippen molar-refractivity contribution in [2.75, 3.05) is 11.1 Å². The Morgan fingerprint density at radius 3 is 2.88 bits per heavy atom. The first-order valence-corrected chi connectivity index (χ1v) is 10.1. The fourth-order valence-electron chi connectivity index (χ4n) is 2.49. The van der Waals surface area contributed by atoms with Crippen molar-refractivity contribution in [2.24, 2.45) is 5.92 Å². The standard InChI is InChI=1S/C17H21N5OS2/c1-4-22-13-8-6-5-7-12(13)18-17(22)24-10-14(23)19-16-21-20-15(25-16)9-11(2)3/h5-8,11H,4,9-10H2,1-3H3,(H,19,21,23). The zero-order chi connectivity index (χ0) is 17.8. The summed E-state index contributed by atoms with van der Waals surface area (Å²) in [6, 6.07) is 8.01. The van der Waals surface area contributed by atoms with E-state index in [2.05, 4.69) is 45.8 Å². The number of hydrogen-bond acceptors (Lipinski definition) is 6. The molecule has 0 bridgehead atoms. The summed E-state index contributed by atoms with van der Waals surface area (Å²) < 4.78 is 2.12. The highest BCUT2D eigenvalue weighted by molar-refractivity contribution is 7.99. The smallest absolute Gasteiger partial charge is 0.236 e. The first-order chi connectivity index (χ1) is 12.1. The van der Waals surface area contributed by atoms with Crippen LogP contribution < -0.4 is 5.32 Å². The van der Waals surface area contributed by atoms with Gasteiger partial charge in [0.15, 0.2) is 5.16 Å². The number of nitrogens with one attached hydrogen (secondary N) is 1. The summed E-state index contributed by atoms with van der Waals surface area (Å²) in [6.45, 7) is 7.17. The minimum atomic E-state index is -0.0908. The molecule has 6 nitrogen and oxygen atoms in total. The van der Waals surface area contributed by atoms with Crippen LogP contribution in [0.25, 0.3) is 11.0 Å². The van der Waals surface area contributed by atoms with Crippen LogP contribution in [0, 0.1) is 5.92 Å². The van der Waals surface area contributed by atoms with Gasteiger partial charge in [-0.15, -0.1) is 10.2 Å². The highest BCUT2D eigenvalue weighted by Crippen LogP contribution is 2.24. The Kier molecular flexibility index (Phi) is 5.70. The van der Waals surface area contributed by atoms with Crippen LogP contribution in [0.4, 0.5) is 5.13 Å². The molecule has 25 heavy (non-hydrogen) atoms.